The molecule has 1 rings (SSSR count). The number of aliphatic hydroxyl groups is 1. The summed E-state index contributed by atoms with van der Waals surface area (Å²) in [6, 6.07) is 9.91. The fraction of sp³-hybridized carbons (Fsp3) is 0.588. The van der Waals surface area contributed by atoms with Gasteiger partial charge in [-0.15, -0.1) is 0 Å². The van der Waals surface area contributed by atoms with Gasteiger partial charge >= 0.3 is 0 Å². The van der Waals surface area contributed by atoms with Gasteiger partial charge in [-0.2, -0.15) is 0 Å². The maximum absolute atomic E-state index is 12.9. The van der Waals surface area contributed by atoms with Crippen molar-refractivity contribution in [1.29, 1.82) is 0 Å². The molecule has 0 heterocycles. The van der Waals surface area contributed by atoms with Crippen molar-refractivity contribution in [2.24, 2.45) is 5.92 Å². The third-order valence-corrected chi connectivity index (χ3v) is 4.26. The van der Waals surface area contributed by atoms with Crippen molar-refractivity contribution in [3.8, 4) is 0 Å². The molecule has 0 aromatic heterocycles. The van der Waals surface area contributed by atoms with E-state index in [1.54, 1.807) is 11.9 Å². The van der Waals surface area contributed by atoms with Crippen molar-refractivity contribution >= 4 is 5.91 Å². The quantitative estimate of drug-likeness (QED) is 0.868. The van der Waals surface area contributed by atoms with E-state index in [0.29, 0.717) is 0 Å². The lowest BCUT2D eigenvalue weighted by molar-refractivity contribution is -0.139. The number of carbonyl (C=O) groups is 1. The molecule has 0 radical (unpaired) electrons. The van der Waals surface area contributed by atoms with Gasteiger partial charge in [-0.25, -0.2) is 0 Å². The zero-order valence-electron chi connectivity index (χ0n) is 13.3. The summed E-state index contributed by atoms with van der Waals surface area (Å²) in [5, 5.41) is 9.47. The summed E-state index contributed by atoms with van der Waals surface area (Å²) in [7, 11) is 1.77. The molecule has 20 heavy (non-hydrogen) atoms. The Morgan fingerprint density at radius 3 is 2.30 bits per heavy atom. The molecule has 1 aromatic carbocycles. The van der Waals surface area contributed by atoms with Crippen LogP contribution in [-0.4, -0.2) is 35.1 Å². The lowest BCUT2D eigenvalue weighted by atomic mass is 9.83. The van der Waals surface area contributed by atoms with E-state index >= 15 is 0 Å². The third kappa shape index (κ3) is 3.60. The second-order valence-electron chi connectivity index (χ2n) is 6.14. The van der Waals surface area contributed by atoms with Crippen molar-refractivity contribution in [3.05, 3.63) is 35.9 Å². The zero-order valence-corrected chi connectivity index (χ0v) is 13.3. The first-order valence-electron chi connectivity index (χ1n) is 7.28. The minimum atomic E-state index is -0.544. The van der Waals surface area contributed by atoms with Gasteiger partial charge < -0.3 is 10.0 Å². The first-order chi connectivity index (χ1) is 9.35. The van der Waals surface area contributed by atoms with Crippen LogP contribution < -0.4 is 0 Å². The highest BCUT2D eigenvalue weighted by Crippen LogP contribution is 2.30. The van der Waals surface area contributed by atoms with Crippen molar-refractivity contribution in [2.75, 3.05) is 13.7 Å². The van der Waals surface area contributed by atoms with E-state index in [1.165, 1.54) is 0 Å². The Labute approximate surface area is 122 Å². The first kappa shape index (κ1) is 16.7. The van der Waals surface area contributed by atoms with E-state index in [0.717, 1.165) is 12.0 Å². The molecule has 2 atom stereocenters. The Bertz CT molecular complexity index is 428. The largest absolute Gasteiger partial charge is 0.394 e. The number of rotatable bonds is 6. The van der Waals surface area contributed by atoms with Crippen LogP contribution in [0.15, 0.2) is 30.3 Å². The molecular formula is C17H27NO2. The summed E-state index contributed by atoms with van der Waals surface area (Å²) in [4.78, 5) is 14.5. The van der Waals surface area contributed by atoms with E-state index in [2.05, 4.69) is 13.8 Å². The highest BCUT2D eigenvalue weighted by molar-refractivity contribution is 5.84. The van der Waals surface area contributed by atoms with E-state index in [1.807, 2.05) is 44.2 Å². The molecule has 1 aromatic rings. The Hall–Kier alpha value is -1.35. The normalized spacial score (nSPS) is 14.7. The van der Waals surface area contributed by atoms with Gasteiger partial charge in [-0.05, 0) is 25.3 Å². The monoisotopic (exact) mass is 277 g/mol. The number of aliphatic hydroxyl groups excluding tert-OH is 1. The molecule has 0 aliphatic heterocycles. The van der Waals surface area contributed by atoms with Crippen molar-refractivity contribution < 1.29 is 9.90 Å². The minimum Gasteiger partial charge on any atom is -0.394 e. The molecule has 2 unspecified atom stereocenters. The number of hydrogen-bond acceptors (Lipinski definition) is 2. The third-order valence-electron chi connectivity index (χ3n) is 4.26. The summed E-state index contributed by atoms with van der Waals surface area (Å²) in [6.45, 7) is 7.92. The van der Waals surface area contributed by atoms with Gasteiger partial charge in [0.25, 0.3) is 0 Å². The molecule has 1 N–H and O–H groups in total. The van der Waals surface area contributed by atoms with Gasteiger partial charge in [0.1, 0.15) is 0 Å². The fourth-order valence-corrected chi connectivity index (χ4v) is 2.22. The molecular weight excluding hydrogens is 250 g/mol. The number of nitrogens with zero attached hydrogens (tertiary/aromatic N) is 1. The highest BCUT2D eigenvalue weighted by Gasteiger charge is 2.34. The van der Waals surface area contributed by atoms with Crippen LogP contribution in [-0.2, 0) is 4.79 Å². The van der Waals surface area contributed by atoms with Crippen molar-refractivity contribution in [3.63, 3.8) is 0 Å². The molecule has 112 valence electrons. The van der Waals surface area contributed by atoms with Crippen LogP contribution in [0.2, 0.25) is 0 Å². The topological polar surface area (TPSA) is 40.5 Å². The predicted octanol–water partition coefficient (Wildman–Crippen LogP) is 3.05. The minimum absolute atomic E-state index is 0.0444. The zero-order chi connectivity index (χ0) is 15.3. The number of amides is 1. The van der Waals surface area contributed by atoms with E-state index in [-0.39, 0.29) is 24.3 Å². The Morgan fingerprint density at radius 2 is 1.85 bits per heavy atom. The first-order valence-corrected chi connectivity index (χ1v) is 7.28. The molecule has 0 bridgehead atoms. The molecule has 0 saturated heterocycles. The standard InChI is InChI=1S/C17H27NO2/c1-6-13(2)15(14-10-8-7-9-11-14)16(20)18(5)17(3,4)12-19/h7-11,13,15,19H,6,12H2,1-5H3. The summed E-state index contributed by atoms with van der Waals surface area (Å²) < 4.78 is 0. The Morgan fingerprint density at radius 1 is 1.30 bits per heavy atom. The van der Waals surface area contributed by atoms with Gasteiger partial charge in [0.05, 0.1) is 18.1 Å². The van der Waals surface area contributed by atoms with E-state index in [9.17, 15) is 9.90 Å². The molecule has 1 amide bonds. The van der Waals surface area contributed by atoms with Gasteiger partial charge in [-0.3, -0.25) is 4.79 Å². The number of benzene rings is 1. The van der Waals surface area contributed by atoms with Crippen LogP contribution in [0.1, 0.15) is 45.6 Å². The van der Waals surface area contributed by atoms with E-state index < -0.39 is 5.54 Å². The smallest absolute Gasteiger partial charge is 0.230 e. The maximum atomic E-state index is 12.9. The van der Waals surface area contributed by atoms with Crippen molar-refractivity contribution in [1.82, 2.24) is 4.90 Å². The molecule has 0 aliphatic carbocycles. The highest BCUT2D eigenvalue weighted by atomic mass is 16.3. The molecule has 0 spiro atoms. The summed E-state index contributed by atoms with van der Waals surface area (Å²) >= 11 is 0. The van der Waals surface area contributed by atoms with Crippen LogP contribution >= 0.6 is 0 Å². The number of carbonyl (C=O) groups excluding carboxylic acids is 1. The lowest BCUT2D eigenvalue weighted by Crippen LogP contribution is -2.50. The lowest BCUT2D eigenvalue weighted by Gasteiger charge is -2.37. The second kappa shape index (κ2) is 6.89. The van der Waals surface area contributed by atoms with Gasteiger partial charge in [0, 0.05) is 7.05 Å². The van der Waals surface area contributed by atoms with Crippen LogP contribution in [0.25, 0.3) is 0 Å². The average Bonchev–Trinajstić information content (AvgIpc) is 2.47. The Kier molecular flexibility index (Phi) is 5.75. The molecule has 3 heteroatoms. The molecule has 3 nitrogen and oxygen atoms in total. The van der Waals surface area contributed by atoms with Crippen LogP contribution in [0.4, 0.5) is 0 Å². The van der Waals surface area contributed by atoms with Gasteiger partial charge in [-0.1, -0.05) is 50.6 Å². The second-order valence-corrected chi connectivity index (χ2v) is 6.14. The number of hydrogen-bond donors (Lipinski definition) is 1. The summed E-state index contributed by atoms with van der Waals surface area (Å²) in [5.74, 6) is 0.184. The molecule has 0 fully saturated rings. The van der Waals surface area contributed by atoms with Gasteiger partial charge in [0.15, 0.2) is 0 Å². The predicted molar refractivity (Wildman–Crippen MR) is 82.6 cm³/mol. The Balaban J connectivity index is 3.10. The molecule has 0 aliphatic rings. The summed E-state index contributed by atoms with van der Waals surface area (Å²) in [5.41, 5.74) is 0.504. The average molecular weight is 277 g/mol. The van der Waals surface area contributed by atoms with Crippen molar-refractivity contribution in [2.45, 2.75) is 45.6 Å². The fourth-order valence-electron chi connectivity index (χ4n) is 2.22. The van der Waals surface area contributed by atoms with E-state index in [4.69, 9.17) is 0 Å². The van der Waals surface area contributed by atoms with Gasteiger partial charge in [0.2, 0.25) is 5.91 Å². The van der Waals surface area contributed by atoms with Crippen LogP contribution in [0.5, 0.6) is 0 Å². The maximum Gasteiger partial charge on any atom is 0.230 e. The van der Waals surface area contributed by atoms with Crippen LogP contribution in [0, 0.1) is 5.92 Å². The molecule has 0 saturated carbocycles. The number of likely N-dealkylation sites (N-methyl/N-ethyl adjacent to an activating group) is 1. The SMILES string of the molecule is CCC(C)C(C(=O)N(C)C(C)(C)CO)c1ccccc1. The summed E-state index contributed by atoms with van der Waals surface area (Å²) in [6.07, 6.45) is 0.943. The van der Waals surface area contributed by atoms with Crippen LogP contribution in [0.3, 0.4) is 0 Å².